The van der Waals surface area contributed by atoms with E-state index >= 15 is 0 Å². The zero-order valence-corrected chi connectivity index (χ0v) is 14.1. The Morgan fingerprint density at radius 3 is 2.50 bits per heavy atom. The topological polar surface area (TPSA) is 29.3 Å². The summed E-state index contributed by atoms with van der Waals surface area (Å²) >= 11 is 12.6. The fourth-order valence-corrected chi connectivity index (χ4v) is 2.49. The molecule has 1 aliphatic heterocycles. The Bertz CT molecular complexity index is 618. The van der Waals surface area contributed by atoms with E-state index in [9.17, 15) is 4.39 Å². The third-order valence-corrected chi connectivity index (χ3v) is 4.46. The molecule has 118 valence electrons. The predicted molar refractivity (Wildman–Crippen MR) is 91.5 cm³/mol. The molecule has 0 aliphatic carbocycles. The second kappa shape index (κ2) is 7.32. The van der Waals surface area contributed by atoms with Gasteiger partial charge in [-0.25, -0.2) is 10.2 Å². The van der Waals surface area contributed by atoms with Gasteiger partial charge in [-0.15, -0.1) is 11.6 Å². The first-order valence-corrected chi connectivity index (χ1v) is 7.92. The third kappa shape index (κ3) is 4.13. The summed E-state index contributed by atoms with van der Waals surface area (Å²) in [6.07, 6.45) is 5.82. The number of hydrogen-bond acceptors (Lipinski definition) is 2. The molecule has 1 aromatic rings. The van der Waals surface area contributed by atoms with Crippen LogP contribution in [0.15, 0.2) is 53.3 Å². The van der Waals surface area contributed by atoms with E-state index in [1.165, 1.54) is 17.1 Å². The average molecular weight is 341 g/mol. The molecule has 0 amide bonds. The summed E-state index contributed by atoms with van der Waals surface area (Å²) in [6, 6.07) is 6.32. The monoisotopic (exact) mass is 340 g/mol. The highest BCUT2D eigenvalue weighted by atomic mass is 35.5. The van der Waals surface area contributed by atoms with E-state index in [4.69, 9.17) is 29.0 Å². The Labute approximate surface area is 140 Å². The van der Waals surface area contributed by atoms with Crippen molar-refractivity contribution in [3.05, 3.63) is 64.7 Å². The lowest BCUT2D eigenvalue weighted by Gasteiger charge is -2.25. The Hall–Kier alpha value is -1.29. The summed E-state index contributed by atoms with van der Waals surface area (Å²) in [4.78, 5) is 0. The van der Waals surface area contributed by atoms with E-state index in [0.29, 0.717) is 17.4 Å². The van der Waals surface area contributed by atoms with Crippen LogP contribution < -0.4 is 5.84 Å². The van der Waals surface area contributed by atoms with Crippen LogP contribution in [-0.2, 0) is 0 Å². The lowest BCUT2D eigenvalue weighted by Crippen LogP contribution is -2.26. The highest BCUT2D eigenvalue weighted by Gasteiger charge is 2.19. The number of hydrogen-bond donors (Lipinski definition) is 1. The van der Waals surface area contributed by atoms with Crippen LogP contribution in [0.4, 0.5) is 4.39 Å². The molecule has 1 aliphatic rings. The molecule has 0 aromatic heterocycles. The Morgan fingerprint density at radius 1 is 1.27 bits per heavy atom. The van der Waals surface area contributed by atoms with Gasteiger partial charge in [0.15, 0.2) is 0 Å². The number of hydrazine groups is 1. The molecule has 22 heavy (non-hydrogen) atoms. The molecule has 2 N–H and O–H groups in total. The highest BCUT2D eigenvalue weighted by Crippen LogP contribution is 2.32. The molecule has 5 heteroatoms. The zero-order valence-electron chi connectivity index (χ0n) is 12.6. The summed E-state index contributed by atoms with van der Waals surface area (Å²) in [7, 11) is 0. The van der Waals surface area contributed by atoms with Gasteiger partial charge in [-0.3, -0.25) is 5.01 Å². The summed E-state index contributed by atoms with van der Waals surface area (Å²) in [5.74, 6) is 6.06. The van der Waals surface area contributed by atoms with Gasteiger partial charge in [-0.1, -0.05) is 37.6 Å². The maximum Gasteiger partial charge on any atom is 0.123 e. The standard InChI is InChI=1S/C17H19Cl2FN2/c1-11(2)16(19)10-15(12-3-5-14(20)6-4-12)17-9-13(18)7-8-22(17)21/h3-9,11,16H,10,21H2,1-2H3/b17-15+. The van der Waals surface area contributed by atoms with Gasteiger partial charge in [0.1, 0.15) is 5.82 Å². The zero-order chi connectivity index (χ0) is 16.3. The maximum atomic E-state index is 13.2. The first-order chi connectivity index (χ1) is 10.4. The quantitative estimate of drug-likeness (QED) is 0.616. The van der Waals surface area contributed by atoms with Crippen molar-refractivity contribution >= 4 is 28.8 Å². The van der Waals surface area contributed by atoms with Crippen LogP contribution in [0.2, 0.25) is 0 Å². The number of halogens is 3. The van der Waals surface area contributed by atoms with Crippen molar-refractivity contribution in [1.82, 2.24) is 5.01 Å². The lowest BCUT2D eigenvalue weighted by molar-refractivity contribution is 0.502. The number of nitrogens with two attached hydrogens (primary N) is 1. The van der Waals surface area contributed by atoms with Crippen molar-refractivity contribution in [2.24, 2.45) is 11.8 Å². The maximum absolute atomic E-state index is 13.2. The SMILES string of the molecule is CC(C)C(Cl)C/C(=C1/C=C(Cl)C=CN1N)c1ccc(F)cc1. The number of rotatable bonds is 4. The van der Waals surface area contributed by atoms with Crippen molar-refractivity contribution in [3.8, 4) is 0 Å². The number of benzene rings is 1. The van der Waals surface area contributed by atoms with Crippen LogP contribution in [-0.4, -0.2) is 10.4 Å². The fourth-order valence-electron chi connectivity index (χ4n) is 2.18. The summed E-state index contributed by atoms with van der Waals surface area (Å²) in [6.45, 7) is 4.13. The Balaban J connectivity index is 2.50. The minimum absolute atomic E-state index is 0.0564. The molecule has 1 heterocycles. The molecule has 0 fully saturated rings. The number of alkyl halides is 1. The van der Waals surface area contributed by atoms with E-state index in [1.54, 1.807) is 30.5 Å². The van der Waals surface area contributed by atoms with Crippen molar-refractivity contribution in [2.75, 3.05) is 0 Å². The minimum Gasteiger partial charge on any atom is -0.287 e. The average Bonchev–Trinajstić information content (AvgIpc) is 2.48. The molecule has 0 saturated heterocycles. The van der Waals surface area contributed by atoms with Gasteiger partial charge in [0.2, 0.25) is 0 Å². The van der Waals surface area contributed by atoms with Crippen LogP contribution >= 0.6 is 23.2 Å². The fraction of sp³-hybridized carbons (Fsp3) is 0.294. The minimum atomic E-state index is -0.277. The molecule has 1 aromatic carbocycles. The molecule has 2 rings (SSSR count). The van der Waals surface area contributed by atoms with Gasteiger partial charge >= 0.3 is 0 Å². The second-order valence-corrected chi connectivity index (χ2v) is 6.58. The van der Waals surface area contributed by atoms with Gasteiger partial charge in [0.25, 0.3) is 0 Å². The predicted octanol–water partition coefficient (Wildman–Crippen LogP) is 5.02. The first kappa shape index (κ1) is 17.1. The molecule has 1 atom stereocenters. The van der Waals surface area contributed by atoms with Crippen LogP contribution in [0.25, 0.3) is 5.57 Å². The van der Waals surface area contributed by atoms with Crippen LogP contribution in [0.3, 0.4) is 0 Å². The molecule has 1 unspecified atom stereocenters. The van der Waals surface area contributed by atoms with Gasteiger partial charge in [-0.05, 0) is 47.8 Å². The van der Waals surface area contributed by atoms with Crippen LogP contribution in [0.5, 0.6) is 0 Å². The van der Waals surface area contributed by atoms with Gasteiger partial charge < -0.3 is 0 Å². The first-order valence-electron chi connectivity index (χ1n) is 7.11. The number of nitrogens with zero attached hydrogens (tertiary/aromatic N) is 1. The van der Waals surface area contributed by atoms with Crippen molar-refractivity contribution < 1.29 is 4.39 Å². The number of allylic oxidation sites excluding steroid dienone is 4. The largest absolute Gasteiger partial charge is 0.287 e. The second-order valence-electron chi connectivity index (χ2n) is 5.59. The van der Waals surface area contributed by atoms with E-state index in [1.807, 2.05) is 0 Å². The molecule has 0 radical (unpaired) electrons. The van der Waals surface area contributed by atoms with Crippen LogP contribution in [0.1, 0.15) is 25.8 Å². The Morgan fingerprint density at radius 2 is 1.91 bits per heavy atom. The molecule has 0 saturated carbocycles. The van der Waals surface area contributed by atoms with Crippen LogP contribution in [0, 0.1) is 11.7 Å². The third-order valence-electron chi connectivity index (χ3n) is 3.57. The summed E-state index contributed by atoms with van der Waals surface area (Å²) < 4.78 is 13.2. The van der Waals surface area contributed by atoms with Gasteiger partial charge in [0.05, 0.1) is 5.70 Å². The van der Waals surface area contributed by atoms with E-state index < -0.39 is 0 Å². The smallest absolute Gasteiger partial charge is 0.123 e. The van der Waals surface area contributed by atoms with E-state index in [0.717, 1.165) is 16.8 Å². The van der Waals surface area contributed by atoms with Crippen molar-refractivity contribution in [3.63, 3.8) is 0 Å². The Kier molecular flexibility index (Phi) is 5.68. The molecule has 0 bridgehead atoms. The lowest BCUT2D eigenvalue weighted by atomic mass is 9.94. The van der Waals surface area contributed by atoms with Crippen molar-refractivity contribution in [1.29, 1.82) is 0 Å². The van der Waals surface area contributed by atoms with E-state index in [-0.39, 0.29) is 11.2 Å². The molecular weight excluding hydrogens is 322 g/mol. The van der Waals surface area contributed by atoms with Gasteiger partial charge in [0, 0.05) is 16.6 Å². The molecular formula is C17H19Cl2FN2. The molecule has 2 nitrogen and oxygen atoms in total. The molecule has 0 spiro atoms. The van der Waals surface area contributed by atoms with Gasteiger partial charge in [-0.2, -0.15) is 0 Å². The summed E-state index contributed by atoms with van der Waals surface area (Å²) in [5, 5.41) is 2.04. The van der Waals surface area contributed by atoms with E-state index in [2.05, 4.69) is 13.8 Å². The summed E-state index contributed by atoms with van der Waals surface area (Å²) in [5.41, 5.74) is 2.60. The highest BCUT2D eigenvalue weighted by molar-refractivity contribution is 6.31. The normalized spacial score (nSPS) is 18.5. The van der Waals surface area contributed by atoms with Crippen molar-refractivity contribution in [2.45, 2.75) is 25.6 Å².